The summed E-state index contributed by atoms with van der Waals surface area (Å²) in [6.07, 6.45) is 1.06. The van der Waals surface area contributed by atoms with Crippen LogP contribution in [0.3, 0.4) is 0 Å². The minimum absolute atomic E-state index is 0.0692. The number of hydrogen-bond donors (Lipinski definition) is 3. The number of β-amino-alcohol motifs (C(OH)–C–C–N with tert-alkyl or cyclic N) is 1. The van der Waals surface area contributed by atoms with Crippen molar-refractivity contribution in [1.82, 2.24) is 4.90 Å². The predicted octanol–water partition coefficient (Wildman–Crippen LogP) is -0.392. The molecule has 23 heavy (non-hydrogen) atoms. The molecule has 1 aromatic rings. The fourth-order valence-electron chi connectivity index (χ4n) is 2.36. The normalized spacial score (nSPS) is 15.1. The zero-order valence-corrected chi connectivity index (χ0v) is 13.5. The molecule has 0 spiro atoms. The number of nitrogens with zero attached hydrogens (tertiary/aromatic N) is 1. The number of hydrogen-bond acceptors (Lipinski definition) is 6. The standard InChI is InChI=1S/C14H17N3O5S/c1-8-5-9(2)13(11(6-8)23(15,21)22)16-10-7-12(19)17(3-4-18)14(10)20/h5-7,16,18H,3-4H2,1-2H3,(H2,15,21,22). The van der Waals surface area contributed by atoms with Gasteiger partial charge in [0.2, 0.25) is 10.0 Å². The number of nitrogens with one attached hydrogen (secondary N) is 1. The van der Waals surface area contributed by atoms with E-state index in [4.69, 9.17) is 10.2 Å². The Balaban J connectivity index is 2.44. The van der Waals surface area contributed by atoms with Crippen molar-refractivity contribution >= 4 is 27.5 Å². The van der Waals surface area contributed by atoms with Gasteiger partial charge in [-0.15, -0.1) is 0 Å². The van der Waals surface area contributed by atoms with Crippen molar-refractivity contribution in [3.8, 4) is 0 Å². The number of aryl methyl sites for hydroxylation is 2. The number of sulfonamides is 1. The van der Waals surface area contributed by atoms with E-state index in [-0.39, 0.29) is 29.4 Å². The van der Waals surface area contributed by atoms with E-state index in [1.165, 1.54) is 6.07 Å². The third kappa shape index (κ3) is 3.41. The number of amides is 2. The summed E-state index contributed by atoms with van der Waals surface area (Å²) in [4.78, 5) is 24.6. The molecule has 2 amide bonds. The average Bonchev–Trinajstić information content (AvgIpc) is 2.68. The molecule has 0 bridgehead atoms. The molecule has 1 aromatic carbocycles. The fourth-order valence-corrected chi connectivity index (χ4v) is 3.20. The van der Waals surface area contributed by atoms with Gasteiger partial charge in [0, 0.05) is 6.08 Å². The van der Waals surface area contributed by atoms with Gasteiger partial charge in [-0.1, -0.05) is 6.07 Å². The average molecular weight is 339 g/mol. The Morgan fingerprint density at radius 2 is 1.91 bits per heavy atom. The van der Waals surface area contributed by atoms with E-state index in [9.17, 15) is 18.0 Å². The van der Waals surface area contributed by atoms with Crippen molar-refractivity contribution in [3.63, 3.8) is 0 Å². The number of anilines is 1. The van der Waals surface area contributed by atoms with Crippen LogP contribution in [0.1, 0.15) is 11.1 Å². The van der Waals surface area contributed by atoms with Crippen LogP contribution in [0.4, 0.5) is 5.69 Å². The molecular formula is C14H17N3O5S. The summed E-state index contributed by atoms with van der Waals surface area (Å²) in [5, 5.41) is 16.8. The molecule has 0 saturated heterocycles. The van der Waals surface area contributed by atoms with Crippen molar-refractivity contribution < 1.29 is 23.1 Å². The monoisotopic (exact) mass is 339 g/mol. The summed E-state index contributed by atoms with van der Waals surface area (Å²) in [5.41, 5.74) is 1.34. The zero-order valence-electron chi connectivity index (χ0n) is 12.7. The smallest absolute Gasteiger partial charge is 0.277 e. The number of benzene rings is 1. The highest BCUT2D eigenvalue weighted by Crippen LogP contribution is 2.28. The van der Waals surface area contributed by atoms with Crippen molar-refractivity contribution in [2.75, 3.05) is 18.5 Å². The molecule has 0 aromatic heterocycles. The largest absolute Gasteiger partial charge is 0.395 e. The topological polar surface area (TPSA) is 130 Å². The lowest BCUT2D eigenvalue weighted by molar-refractivity contribution is -0.137. The van der Waals surface area contributed by atoms with E-state index in [2.05, 4.69) is 5.32 Å². The van der Waals surface area contributed by atoms with E-state index in [0.29, 0.717) is 11.1 Å². The van der Waals surface area contributed by atoms with Crippen LogP contribution in [0.15, 0.2) is 28.8 Å². The van der Waals surface area contributed by atoms with Gasteiger partial charge in [0.25, 0.3) is 11.8 Å². The van der Waals surface area contributed by atoms with E-state index in [1.54, 1.807) is 19.9 Å². The zero-order chi connectivity index (χ0) is 17.4. The van der Waals surface area contributed by atoms with Crippen molar-refractivity contribution in [1.29, 1.82) is 0 Å². The van der Waals surface area contributed by atoms with E-state index < -0.39 is 21.8 Å². The lowest BCUT2D eigenvalue weighted by atomic mass is 10.1. The Morgan fingerprint density at radius 1 is 1.26 bits per heavy atom. The second kappa shape index (κ2) is 6.11. The summed E-state index contributed by atoms with van der Waals surface area (Å²) < 4.78 is 23.5. The van der Waals surface area contributed by atoms with Crippen LogP contribution in [0, 0.1) is 13.8 Å². The summed E-state index contributed by atoms with van der Waals surface area (Å²) >= 11 is 0. The lowest BCUT2D eigenvalue weighted by Crippen LogP contribution is -2.34. The van der Waals surface area contributed by atoms with Crippen LogP contribution < -0.4 is 10.5 Å². The molecule has 0 unspecified atom stereocenters. The number of carbonyl (C=O) groups excluding carboxylic acids is 2. The maximum Gasteiger partial charge on any atom is 0.277 e. The molecule has 0 saturated carbocycles. The number of aliphatic hydroxyl groups is 1. The number of primary sulfonamides is 1. The Kier molecular flexibility index (Phi) is 4.55. The van der Waals surface area contributed by atoms with Gasteiger partial charge >= 0.3 is 0 Å². The minimum Gasteiger partial charge on any atom is -0.395 e. The van der Waals surface area contributed by atoms with Gasteiger partial charge in [-0.05, 0) is 31.0 Å². The summed E-state index contributed by atoms with van der Waals surface area (Å²) in [6.45, 7) is 2.90. The van der Waals surface area contributed by atoms with Gasteiger partial charge in [0.15, 0.2) is 0 Å². The molecule has 8 nitrogen and oxygen atoms in total. The third-order valence-corrected chi connectivity index (χ3v) is 4.28. The van der Waals surface area contributed by atoms with Crippen molar-refractivity contribution in [3.05, 3.63) is 35.0 Å². The number of carbonyl (C=O) groups is 2. The summed E-state index contributed by atoms with van der Waals surface area (Å²) in [5.74, 6) is -1.21. The van der Waals surface area contributed by atoms with Crippen molar-refractivity contribution in [2.24, 2.45) is 5.14 Å². The fraction of sp³-hybridized carbons (Fsp3) is 0.286. The summed E-state index contributed by atoms with van der Waals surface area (Å²) in [6, 6.07) is 3.11. The van der Waals surface area contributed by atoms with Crippen LogP contribution in [-0.2, 0) is 19.6 Å². The molecular weight excluding hydrogens is 322 g/mol. The van der Waals surface area contributed by atoms with Crippen LogP contribution in [0.2, 0.25) is 0 Å². The number of nitrogens with two attached hydrogens (primary N) is 1. The molecule has 9 heteroatoms. The Hall–Kier alpha value is -2.23. The molecule has 1 aliphatic heterocycles. The lowest BCUT2D eigenvalue weighted by Gasteiger charge is -2.16. The van der Waals surface area contributed by atoms with Gasteiger partial charge in [-0.2, -0.15) is 0 Å². The maximum absolute atomic E-state index is 12.1. The van der Waals surface area contributed by atoms with Gasteiger partial charge < -0.3 is 10.4 Å². The van der Waals surface area contributed by atoms with E-state index in [1.807, 2.05) is 0 Å². The van der Waals surface area contributed by atoms with E-state index >= 15 is 0 Å². The highest BCUT2D eigenvalue weighted by molar-refractivity contribution is 7.89. The first kappa shape index (κ1) is 17.1. The van der Waals surface area contributed by atoms with Gasteiger partial charge in [0.05, 0.1) is 18.8 Å². The van der Waals surface area contributed by atoms with Gasteiger partial charge in [0.1, 0.15) is 10.6 Å². The molecule has 1 aliphatic rings. The second-order valence-corrected chi connectivity index (χ2v) is 6.73. The molecule has 1 heterocycles. The SMILES string of the molecule is Cc1cc(C)c(NC2=CC(=O)N(CCO)C2=O)c(S(N)(=O)=O)c1. The highest BCUT2D eigenvalue weighted by Gasteiger charge is 2.31. The first-order valence-corrected chi connectivity index (χ1v) is 8.29. The molecule has 0 fully saturated rings. The molecule has 2 rings (SSSR count). The molecule has 0 atom stereocenters. The van der Waals surface area contributed by atoms with Gasteiger partial charge in [-0.3, -0.25) is 14.5 Å². The highest BCUT2D eigenvalue weighted by atomic mass is 32.2. The van der Waals surface area contributed by atoms with Crippen molar-refractivity contribution in [2.45, 2.75) is 18.7 Å². The first-order chi connectivity index (χ1) is 10.6. The Labute approximate surface area is 133 Å². The van der Waals surface area contributed by atoms with Crippen LogP contribution >= 0.6 is 0 Å². The molecule has 0 radical (unpaired) electrons. The van der Waals surface area contributed by atoms with Crippen LogP contribution in [-0.4, -0.2) is 43.4 Å². The summed E-state index contributed by atoms with van der Waals surface area (Å²) in [7, 11) is -4.01. The predicted molar refractivity (Wildman–Crippen MR) is 82.8 cm³/mol. The number of aliphatic hydroxyl groups excluding tert-OH is 1. The number of imide groups is 1. The molecule has 4 N–H and O–H groups in total. The second-order valence-electron chi connectivity index (χ2n) is 5.20. The number of rotatable bonds is 5. The third-order valence-electron chi connectivity index (χ3n) is 3.34. The molecule has 124 valence electrons. The van der Waals surface area contributed by atoms with Crippen LogP contribution in [0.5, 0.6) is 0 Å². The van der Waals surface area contributed by atoms with Gasteiger partial charge in [-0.25, -0.2) is 13.6 Å². The van der Waals surface area contributed by atoms with E-state index in [0.717, 1.165) is 11.0 Å². The molecule has 0 aliphatic carbocycles. The quantitative estimate of drug-likeness (QED) is 0.626. The Morgan fingerprint density at radius 3 is 2.48 bits per heavy atom. The first-order valence-electron chi connectivity index (χ1n) is 6.74. The minimum atomic E-state index is -4.01. The van der Waals surface area contributed by atoms with Crippen LogP contribution in [0.25, 0.3) is 0 Å². The maximum atomic E-state index is 12.1. The Bertz CT molecular complexity index is 814.